The predicted octanol–water partition coefficient (Wildman–Crippen LogP) is -0.137. The monoisotopic (exact) mass is 370 g/mol. The van der Waals surface area contributed by atoms with Crippen molar-refractivity contribution >= 4 is 42.3 Å². The topological polar surface area (TPSA) is 121 Å². The van der Waals surface area contributed by atoms with E-state index in [1.807, 2.05) is 0 Å². The summed E-state index contributed by atoms with van der Waals surface area (Å²) in [5.74, 6) is -2.35. The van der Waals surface area contributed by atoms with Crippen molar-refractivity contribution in [3.8, 4) is 0 Å². The largest absolute Gasteiger partial charge is 0.387 e. The second kappa shape index (κ2) is 7.70. The molecule has 2 aliphatic carbocycles. The normalized spacial score (nSPS) is 16.2. The SMILES string of the molecule is O=C(OOC(=O)C1=CC=CCC1=S(=O)=O)C1=CC=CCC1=S(=O)=O. The fourth-order valence-electron chi connectivity index (χ4n) is 1.93. The fraction of sp³-hybridized carbons (Fsp3) is 0.143. The molecule has 0 heterocycles. The van der Waals surface area contributed by atoms with Crippen LogP contribution in [-0.2, 0) is 40.0 Å². The summed E-state index contributed by atoms with van der Waals surface area (Å²) in [6, 6.07) is 0. The standard InChI is InChI=1S/C14H10O8S2/c15-13(9-5-1-3-7-11(9)23(17)18)21-22-14(16)10-6-2-4-8-12(10)24(19)20/h1-6H,7-8H2. The molecular formula is C14H10O8S2. The van der Waals surface area contributed by atoms with Crippen molar-refractivity contribution in [1.82, 2.24) is 0 Å². The van der Waals surface area contributed by atoms with Crippen LogP contribution in [0.25, 0.3) is 0 Å². The van der Waals surface area contributed by atoms with Gasteiger partial charge >= 0.3 is 11.9 Å². The van der Waals surface area contributed by atoms with Crippen molar-refractivity contribution < 1.29 is 36.2 Å². The zero-order valence-corrected chi connectivity index (χ0v) is 13.6. The zero-order chi connectivity index (χ0) is 17.7. The molecule has 0 fully saturated rings. The molecule has 0 radical (unpaired) electrons. The second-order valence-corrected chi connectivity index (χ2v) is 6.41. The maximum absolute atomic E-state index is 11.9. The minimum atomic E-state index is -2.63. The van der Waals surface area contributed by atoms with Gasteiger partial charge in [-0.3, -0.25) is 0 Å². The number of hydrogen-bond acceptors (Lipinski definition) is 8. The van der Waals surface area contributed by atoms with Gasteiger partial charge in [0.15, 0.2) is 0 Å². The maximum atomic E-state index is 11.9. The van der Waals surface area contributed by atoms with E-state index in [-0.39, 0.29) is 33.7 Å². The molecule has 2 rings (SSSR count). The highest BCUT2D eigenvalue weighted by Crippen LogP contribution is 2.14. The maximum Gasteiger partial charge on any atom is 0.387 e. The van der Waals surface area contributed by atoms with Crippen molar-refractivity contribution in [2.24, 2.45) is 0 Å². The van der Waals surface area contributed by atoms with E-state index in [1.165, 1.54) is 36.5 Å². The molecule has 0 aromatic rings. The van der Waals surface area contributed by atoms with Crippen LogP contribution in [0.15, 0.2) is 47.6 Å². The first-order valence-electron chi connectivity index (χ1n) is 6.49. The van der Waals surface area contributed by atoms with E-state index in [0.29, 0.717) is 0 Å². The van der Waals surface area contributed by atoms with Crippen molar-refractivity contribution in [3.05, 3.63) is 47.6 Å². The average Bonchev–Trinajstić information content (AvgIpc) is 2.59. The van der Waals surface area contributed by atoms with E-state index in [0.717, 1.165) is 0 Å². The molecule has 126 valence electrons. The molecule has 0 N–H and O–H groups in total. The third-order valence-electron chi connectivity index (χ3n) is 3.04. The zero-order valence-electron chi connectivity index (χ0n) is 12.0. The van der Waals surface area contributed by atoms with Crippen LogP contribution in [-0.4, -0.2) is 38.5 Å². The number of rotatable bonds is 2. The first-order chi connectivity index (χ1) is 11.4. The molecule has 0 bridgehead atoms. The van der Waals surface area contributed by atoms with E-state index in [2.05, 4.69) is 9.78 Å². The fourth-order valence-corrected chi connectivity index (χ4v) is 3.06. The molecular weight excluding hydrogens is 360 g/mol. The Bertz CT molecular complexity index is 887. The minimum Gasteiger partial charge on any atom is -0.241 e. The molecule has 0 aromatic heterocycles. The molecule has 24 heavy (non-hydrogen) atoms. The Morgan fingerprint density at radius 2 is 1.12 bits per heavy atom. The van der Waals surface area contributed by atoms with Crippen LogP contribution in [0.2, 0.25) is 0 Å². The Morgan fingerprint density at radius 3 is 1.46 bits per heavy atom. The van der Waals surface area contributed by atoms with Crippen molar-refractivity contribution in [1.29, 1.82) is 0 Å². The molecule has 0 aromatic carbocycles. The number of allylic oxidation sites excluding steroid dienone is 6. The van der Waals surface area contributed by atoms with Crippen LogP contribution in [0.4, 0.5) is 0 Å². The van der Waals surface area contributed by atoms with Gasteiger partial charge in [-0.05, 0) is 12.2 Å². The van der Waals surface area contributed by atoms with Gasteiger partial charge in [0.1, 0.15) is 0 Å². The smallest absolute Gasteiger partial charge is 0.241 e. The Morgan fingerprint density at radius 1 is 0.750 bits per heavy atom. The lowest BCUT2D eigenvalue weighted by atomic mass is 10.1. The third-order valence-corrected chi connectivity index (χ3v) is 4.62. The Labute approximate surface area is 139 Å². The number of hydrogen-bond donors (Lipinski definition) is 0. The van der Waals surface area contributed by atoms with Crippen LogP contribution in [0.1, 0.15) is 12.8 Å². The van der Waals surface area contributed by atoms with E-state index in [4.69, 9.17) is 0 Å². The lowest BCUT2D eigenvalue weighted by molar-refractivity contribution is -0.251. The number of carbonyl (C=O) groups is 2. The molecule has 0 saturated heterocycles. The van der Waals surface area contributed by atoms with Gasteiger partial charge in [0.05, 0.1) is 20.9 Å². The van der Waals surface area contributed by atoms with Crippen molar-refractivity contribution in [3.63, 3.8) is 0 Å². The van der Waals surface area contributed by atoms with Crippen LogP contribution >= 0.6 is 0 Å². The molecule has 0 spiro atoms. The van der Waals surface area contributed by atoms with Crippen LogP contribution < -0.4 is 0 Å². The van der Waals surface area contributed by atoms with E-state index in [9.17, 15) is 26.4 Å². The summed E-state index contributed by atoms with van der Waals surface area (Å²) >= 11 is 0. The van der Waals surface area contributed by atoms with Crippen molar-refractivity contribution in [2.75, 3.05) is 0 Å². The van der Waals surface area contributed by atoms with E-state index < -0.39 is 32.5 Å². The summed E-state index contributed by atoms with van der Waals surface area (Å²) < 4.78 is 44.2. The molecule has 0 saturated carbocycles. The minimum absolute atomic E-state index is 0.00796. The van der Waals surface area contributed by atoms with Gasteiger partial charge in [0.2, 0.25) is 20.6 Å². The summed E-state index contributed by atoms with van der Waals surface area (Å²) in [6.07, 6.45) is 8.39. The van der Waals surface area contributed by atoms with Gasteiger partial charge in [-0.15, -0.1) is 0 Å². The molecule has 8 nitrogen and oxygen atoms in total. The van der Waals surface area contributed by atoms with Crippen molar-refractivity contribution in [2.45, 2.75) is 12.8 Å². The Hall–Kier alpha value is -2.72. The van der Waals surface area contributed by atoms with Crippen LogP contribution in [0, 0.1) is 0 Å². The quantitative estimate of drug-likeness (QED) is 0.374. The molecule has 2 aliphatic rings. The average molecular weight is 370 g/mol. The number of carbonyl (C=O) groups excluding carboxylic acids is 2. The van der Waals surface area contributed by atoms with E-state index in [1.54, 1.807) is 0 Å². The van der Waals surface area contributed by atoms with Gasteiger partial charge in [0, 0.05) is 12.8 Å². The second-order valence-electron chi connectivity index (χ2n) is 4.48. The van der Waals surface area contributed by atoms with Crippen LogP contribution in [0.3, 0.4) is 0 Å². The first kappa shape index (κ1) is 17.6. The lowest BCUT2D eigenvalue weighted by Crippen LogP contribution is -2.23. The van der Waals surface area contributed by atoms with Gasteiger partial charge < -0.3 is 0 Å². The Balaban J connectivity index is 2.14. The van der Waals surface area contributed by atoms with Crippen LogP contribution in [0.5, 0.6) is 0 Å². The van der Waals surface area contributed by atoms with Gasteiger partial charge in [0.25, 0.3) is 0 Å². The molecule has 0 atom stereocenters. The summed E-state index contributed by atoms with van der Waals surface area (Å²) in [4.78, 5) is 32.0. The Kier molecular flexibility index (Phi) is 5.66. The highest BCUT2D eigenvalue weighted by molar-refractivity contribution is 7.73. The first-order valence-corrected chi connectivity index (χ1v) is 8.64. The molecule has 0 aliphatic heterocycles. The highest BCUT2D eigenvalue weighted by Gasteiger charge is 2.25. The summed E-state index contributed by atoms with van der Waals surface area (Å²) in [5, 5.41) is 0. The molecule has 0 unspecified atom stereocenters. The predicted molar refractivity (Wildman–Crippen MR) is 83.7 cm³/mol. The summed E-state index contributed by atoms with van der Waals surface area (Å²) in [5.41, 5.74) is -0.541. The highest BCUT2D eigenvalue weighted by atomic mass is 32.2. The van der Waals surface area contributed by atoms with Gasteiger partial charge in [-0.1, -0.05) is 24.3 Å². The third kappa shape index (κ3) is 3.97. The lowest BCUT2D eigenvalue weighted by Gasteiger charge is -2.10. The summed E-state index contributed by atoms with van der Waals surface area (Å²) in [6.45, 7) is 0. The van der Waals surface area contributed by atoms with Gasteiger partial charge in [-0.2, -0.15) is 16.8 Å². The summed E-state index contributed by atoms with van der Waals surface area (Å²) in [7, 11) is -5.27. The molecule has 0 amide bonds. The van der Waals surface area contributed by atoms with E-state index >= 15 is 0 Å². The molecule has 10 heteroatoms. The van der Waals surface area contributed by atoms with Gasteiger partial charge in [-0.25, -0.2) is 19.4 Å².